The van der Waals surface area contributed by atoms with Crippen LogP contribution in [0.15, 0.2) is 134 Å². The standard InChI is InChI=1S/C55H88NO8P/c1-3-5-7-9-11-13-15-17-19-21-23-25-26-28-30-32-34-36-38-40-42-44-46-48-55(59)62-51-53(57)52-64-65(60,61)63-50-49-56-54(58)47-45-43-41-39-37-35-33-31-29-27-24-22-20-18-16-14-12-10-8-6-4-2/h5-8,11-14,17-20,23-25,27-28,30-31,33-34,36,53,57H,3-4,9-10,15-16,21-22,26,29,32,35,37-52H2,1-2H3,(H,56,58)(H,60,61)/b7-5-,8-6-,13-11-,14-12-,19-17-,20-18-,25-23-,27-24-,30-28-,33-31-,36-34-. The first kappa shape index (κ1) is 61.1. The van der Waals surface area contributed by atoms with Crippen molar-refractivity contribution in [3.05, 3.63) is 134 Å². The molecule has 0 radical (unpaired) electrons. The van der Waals surface area contributed by atoms with Crippen LogP contribution in [-0.4, -0.2) is 54.3 Å². The number of amides is 1. The second-order valence-corrected chi connectivity index (χ2v) is 17.1. The van der Waals surface area contributed by atoms with Crippen LogP contribution in [0.5, 0.6) is 0 Å². The molecular weight excluding hydrogens is 834 g/mol. The van der Waals surface area contributed by atoms with Crippen molar-refractivity contribution in [2.75, 3.05) is 26.4 Å². The lowest BCUT2D eigenvalue weighted by molar-refractivity contribution is -0.147. The molecule has 0 aliphatic carbocycles. The molecule has 0 heterocycles. The lowest BCUT2D eigenvalue weighted by atomic mass is 10.1. The first-order valence-electron chi connectivity index (χ1n) is 24.7. The Labute approximate surface area is 395 Å². The molecule has 3 N–H and O–H groups in total. The summed E-state index contributed by atoms with van der Waals surface area (Å²) in [5.74, 6) is -0.573. The number of aliphatic hydroxyl groups excluding tert-OH is 1. The van der Waals surface area contributed by atoms with Gasteiger partial charge in [-0.25, -0.2) is 4.57 Å². The zero-order valence-electron chi connectivity index (χ0n) is 40.4. The van der Waals surface area contributed by atoms with Crippen molar-refractivity contribution < 1.29 is 37.9 Å². The highest BCUT2D eigenvalue weighted by molar-refractivity contribution is 7.47. The van der Waals surface area contributed by atoms with Crippen LogP contribution < -0.4 is 5.32 Å². The fourth-order valence-corrected chi connectivity index (χ4v) is 6.70. The van der Waals surface area contributed by atoms with E-state index in [1.165, 1.54) is 0 Å². The summed E-state index contributed by atoms with van der Waals surface area (Å²) in [6.07, 6.45) is 69.5. The van der Waals surface area contributed by atoms with Crippen LogP contribution in [0.1, 0.15) is 168 Å². The smallest absolute Gasteiger partial charge is 0.463 e. The summed E-state index contributed by atoms with van der Waals surface area (Å²) < 4.78 is 26.9. The summed E-state index contributed by atoms with van der Waals surface area (Å²) in [5, 5.41) is 12.7. The molecule has 0 spiro atoms. The average molecular weight is 922 g/mol. The maximum atomic E-state index is 12.1. The van der Waals surface area contributed by atoms with Crippen LogP contribution in [0.4, 0.5) is 0 Å². The van der Waals surface area contributed by atoms with Gasteiger partial charge >= 0.3 is 13.8 Å². The number of esters is 1. The summed E-state index contributed by atoms with van der Waals surface area (Å²) in [7, 11) is -4.45. The normalized spacial score (nSPS) is 14.3. The number of hydrogen-bond donors (Lipinski definition) is 3. The van der Waals surface area contributed by atoms with Gasteiger partial charge in [-0.15, -0.1) is 0 Å². The zero-order valence-corrected chi connectivity index (χ0v) is 41.3. The van der Waals surface area contributed by atoms with Gasteiger partial charge in [0.15, 0.2) is 0 Å². The van der Waals surface area contributed by atoms with E-state index in [9.17, 15) is 24.2 Å². The molecule has 0 aliphatic rings. The fraction of sp³-hybridized carbons (Fsp3) is 0.564. The molecule has 0 rings (SSSR count). The Hall–Kier alpha value is -3.85. The number of aliphatic hydroxyl groups is 1. The number of ether oxygens (including phenoxy) is 1. The Morgan fingerprint density at radius 1 is 0.477 bits per heavy atom. The number of phosphoric acid groups is 1. The molecule has 0 aromatic heterocycles. The Morgan fingerprint density at radius 3 is 1.25 bits per heavy atom. The number of rotatable bonds is 44. The van der Waals surface area contributed by atoms with Gasteiger partial charge in [0, 0.05) is 19.4 Å². The van der Waals surface area contributed by atoms with E-state index >= 15 is 0 Å². The van der Waals surface area contributed by atoms with Gasteiger partial charge in [0.2, 0.25) is 5.91 Å². The fourth-order valence-electron chi connectivity index (χ4n) is 5.94. The van der Waals surface area contributed by atoms with E-state index in [4.69, 9.17) is 13.8 Å². The molecule has 0 aliphatic heterocycles. The van der Waals surface area contributed by atoms with Crippen LogP contribution in [0.2, 0.25) is 0 Å². The van der Waals surface area contributed by atoms with Gasteiger partial charge in [-0.2, -0.15) is 0 Å². The van der Waals surface area contributed by atoms with E-state index in [1.54, 1.807) is 0 Å². The van der Waals surface area contributed by atoms with Crippen LogP contribution in [-0.2, 0) is 27.9 Å². The lowest BCUT2D eigenvalue weighted by Crippen LogP contribution is -2.27. The zero-order chi connectivity index (χ0) is 47.4. The molecule has 0 fully saturated rings. The first-order chi connectivity index (χ1) is 31.8. The van der Waals surface area contributed by atoms with Crippen LogP contribution in [0.25, 0.3) is 0 Å². The summed E-state index contributed by atoms with van der Waals surface area (Å²) in [6, 6.07) is 0. The Bertz CT molecular complexity index is 1520. The quantitative estimate of drug-likeness (QED) is 0.0238. The average Bonchev–Trinajstić information content (AvgIpc) is 3.29. The number of carbonyl (C=O) groups is 2. The number of hydrogen-bond acceptors (Lipinski definition) is 7. The molecule has 366 valence electrons. The minimum Gasteiger partial charge on any atom is -0.463 e. The van der Waals surface area contributed by atoms with Crippen molar-refractivity contribution in [3.8, 4) is 0 Å². The largest absolute Gasteiger partial charge is 0.472 e. The molecule has 0 saturated heterocycles. The summed E-state index contributed by atoms with van der Waals surface area (Å²) in [5.41, 5.74) is 0. The Morgan fingerprint density at radius 2 is 0.831 bits per heavy atom. The van der Waals surface area contributed by atoms with Gasteiger partial charge in [-0.1, -0.05) is 180 Å². The summed E-state index contributed by atoms with van der Waals surface area (Å²) in [4.78, 5) is 34.1. The second-order valence-electron chi connectivity index (χ2n) is 15.7. The van der Waals surface area contributed by atoms with Crippen LogP contribution >= 0.6 is 7.82 Å². The molecule has 1 amide bonds. The molecule has 2 atom stereocenters. The van der Waals surface area contributed by atoms with E-state index in [0.717, 1.165) is 135 Å². The molecule has 0 saturated carbocycles. The summed E-state index contributed by atoms with van der Waals surface area (Å²) in [6.45, 7) is 3.25. The van der Waals surface area contributed by atoms with Gasteiger partial charge in [0.1, 0.15) is 12.7 Å². The highest BCUT2D eigenvalue weighted by Crippen LogP contribution is 2.42. The second kappa shape index (κ2) is 49.6. The van der Waals surface area contributed by atoms with Crippen molar-refractivity contribution >= 4 is 19.7 Å². The van der Waals surface area contributed by atoms with Gasteiger partial charge in [-0.3, -0.25) is 18.6 Å². The number of carbonyl (C=O) groups excluding carboxylic acids is 2. The van der Waals surface area contributed by atoms with E-state index in [0.29, 0.717) is 12.8 Å². The van der Waals surface area contributed by atoms with E-state index in [-0.39, 0.29) is 32.1 Å². The number of allylic oxidation sites excluding steroid dienone is 22. The van der Waals surface area contributed by atoms with E-state index in [1.807, 2.05) is 0 Å². The van der Waals surface area contributed by atoms with Crippen molar-refractivity contribution in [3.63, 3.8) is 0 Å². The Balaban J connectivity index is 3.71. The minimum absolute atomic E-state index is 0.0582. The predicted octanol–water partition coefficient (Wildman–Crippen LogP) is 14.7. The number of unbranched alkanes of at least 4 members (excludes halogenated alkanes) is 9. The minimum atomic E-state index is -4.45. The molecular formula is C55H88NO8P. The molecule has 65 heavy (non-hydrogen) atoms. The number of phosphoric ester groups is 1. The topological polar surface area (TPSA) is 131 Å². The maximum Gasteiger partial charge on any atom is 0.472 e. The third-order valence-electron chi connectivity index (χ3n) is 9.58. The molecule has 2 unspecified atom stereocenters. The summed E-state index contributed by atoms with van der Waals surface area (Å²) >= 11 is 0. The van der Waals surface area contributed by atoms with Gasteiger partial charge < -0.3 is 20.1 Å². The van der Waals surface area contributed by atoms with E-state index < -0.39 is 26.5 Å². The van der Waals surface area contributed by atoms with Gasteiger partial charge in [-0.05, 0) is 109 Å². The van der Waals surface area contributed by atoms with Crippen molar-refractivity contribution in [1.29, 1.82) is 0 Å². The van der Waals surface area contributed by atoms with Crippen LogP contribution in [0, 0.1) is 0 Å². The first-order valence-corrected chi connectivity index (χ1v) is 26.2. The van der Waals surface area contributed by atoms with E-state index in [2.05, 4.69) is 153 Å². The predicted molar refractivity (Wildman–Crippen MR) is 274 cm³/mol. The third-order valence-corrected chi connectivity index (χ3v) is 10.6. The molecule has 10 heteroatoms. The van der Waals surface area contributed by atoms with Crippen LogP contribution in [0.3, 0.4) is 0 Å². The van der Waals surface area contributed by atoms with Gasteiger partial charge in [0.05, 0.1) is 13.2 Å². The van der Waals surface area contributed by atoms with Crippen molar-refractivity contribution in [1.82, 2.24) is 5.32 Å². The molecule has 0 aromatic carbocycles. The third kappa shape index (κ3) is 51.0. The Kier molecular flexibility index (Phi) is 46.6. The SMILES string of the molecule is CC/C=C\C/C=C\C/C=C\C/C=C\C/C=C\C/C=C\CCCCCCC(=O)OCC(O)COP(=O)(O)OCCNC(=O)CCCCCCC/C=C\C/C=C\C/C=C\C/C=C\C/C=C\CC. The lowest BCUT2D eigenvalue weighted by Gasteiger charge is -2.15. The molecule has 0 bridgehead atoms. The highest BCUT2D eigenvalue weighted by Gasteiger charge is 2.23. The maximum absolute atomic E-state index is 12.1. The van der Waals surface area contributed by atoms with Crippen molar-refractivity contribution in [2.45, 2.75) is 174 Å². The molecule has 0 aromatic rings. The number of nitrogens with one attached hydrogen (secondary N) is 1. The highest BCUT2D eigenvalue weighted by atomic mass is 31.2. The molecule has 9 nitrogen and oxygen atoms in total. The monoisotopic (exact) mass is 922 g/mol. The van der Waals surface area contributed by atoms with Crippen molar-refractivity contribution in [2.24, 2.45) is 0 Å². The van der Waals surface area contributed by atoms with Gasteiger partial charge in [0.25, 0.3) is 0 Å².